The lowest BCUT2D eigenvalue weighted by molar-refractivity contribution is -0.158. The van der Waals surface area contributed by atoms with Gasteiger partial charge in [-0.2, -0.15) is 0 Å². The molecule has 0 amide bonds. The summed E-state index contributed by atoms with van der Waals surface area (Å²) < 4.78 is 5.92. The number of rotatable bonds is 8. The van der Waals surface area contributed by atoms with Crippen molar-refractivity contribution < 1.29 is 24.2 Å². The van der Waals surface area contributed by atoms with Gasteiger partial charge in [-0.1, -0.05) is 33.4 Å². The quantitative estimate of drug-likeness (QED) is 0.256. The summed E-state index contributed by atoms with van der Waals surface area (Å²) in [5.41, 5.74) is 1.76. The predicted octanol–water partition coefficient (Wildman–Crippen LogP) is 6.12. The zero-order valence-electron chi connectivity index (χ0n) is 21.9. The molecule has 0 aromatic heterocycles. The zero-order chi connectivity index (χ0) is 25.4. The van der Waals surface area contributed by atoms with Crippen molar-refractivity contribution in [2.24, 2.45) is 45.3 Å². The molecule has 0 radical (unpaired) electrons. The van der Waals surface area contributed by atoms with Gasteiger partial charge in [-0.3, -0.25) is 9.59 Å². The molecule has 1 N–H and O–H groups in total. The van der Waals surface area contributed by atoms with E-state index >= 15 is 0 Å². The minimum atomic E-state index is -0.753. The molecule has 192 valence electrons. The molecule has 0 bridgehead atoms. The van der Waals surface area contributed by atoms with Gasteiger partial charge in [0.05, 0.1) is 0 Å². The molecule has 0 aromatic carbocycles. The summed E-state index contributed by atoms with van der Waals surface area (Å²) in [6.45, 7) is 13.4. The number of allylic oxidation sites excluding steroid dienone is 2. The second-order valence-corrected chi connectivity index (χ2v) is 13.2. The number of aliphatic carboxylic acids is 1. The molecule has 5 fully saturated rings. The van der Waals surface area contributed by atoms with E-state index in [0.29, 0.717) is 29.7 Å². The molecule has 5 rings (SSSR count). The summed E-state index contributed by atoms with van der Waals surface area (Å²) >= 11 is 0. The largest absolute Gasteiger partial charge is 0.481 e. The Morgan fingerprint density at radius 3 is 2.69 bits per heavy atom. The fourth-order valence-electron chi connectivity index (χ4n) is 10.3. The van der Waals surface area contributed by atoms with Crippen LogP contribution in [0, 0.1) is 45.3 Å². The Hall–Kier alpha value is -1.91. The number of hydrogen-bond acceptors (Lipinski definition) is 4. The van der Waals surface area contributed by atoms with E-state index in [9.17, 15) is 19.5 Å². The van der Waals surface area contributed by atoms with Crippen LogP contribution in [0.4, 0.5) is 0 Å². The standard InChI is InChI=1S/C30H42O5/c1-18(16-31)7-6-8-19(2)21-9-11-28(5)23-15-22-25(20(3)26(34)35-22)30(12-10-24(32)33)17-29(23,30)14-13-27(21,28)4/h7,16,19,21-23,25H,3,6,8-15,17H2,1-2,4-5H3,(H,32,33)/b18-7+/t19?,21-,22?,23+,25?,27-,28+,29+,30-/m1/s1. The van der Waals surface area contributed by atoms with Crippen LogP contribution < -0.4 is 0 Å². The van der Waals surface area contributed by atoms with Gasteiger partial charge in [-0.25, -0.2) is 4.79 Å². The van der Waals surface area contributed by atoms with Crippen LogP contribution in [0.3, 0.4) is 0 Å². The first-order chi connectivity index (χ1) is 16.5. The average molecular weight is 483 g/mol. The highest BCUT2D eigenvalue weighted by Gasteiger charge is 2.83. The summed E-state index contributed by atoms with van der Waals surface area (Å²) in [5, 5.41) is 9.54. The van der Waals surface area contributed by atoms with Gasteiger partial charge in [-0.15, -0.1) is 0 Å². The Labute approximate surface area is 209 Å². The fourth-order valence-corrected chi connectivity index (χ4v) is 10.3. The van der Waals surface area contributed by atoms with Crippen molar-refractivity contribution >= 4 is 18.2 Å². The third kappa shape index (κ3) is 3.21. The Kier molecular flexibility index (Phi) is 5.69. The monoisotopic (exact) mass is 482 g/mol. The highest BCUT2D eigenvalue weighted by Crippen LogP contribution is 2.88. The number of carboxylic acid groups (broad SMARTS) is 1. The topological polar surface area (TPSA) is 80.7 Å². The van der Waals surface area contributed by atoms with Crippen LogP contribution in [0.2, 0.25) is 0 Å². The molecule has 35 heavy (non-hydrogen) atoms. The van der Waals surface area contributed by atoms with E-state index in [-0.39, 0.29) is 46.1 Å². The van der Waals surface area contributed by atoms with Gasteiger partial charge >= 0.3 is 11.9 Å². The maximum Gasteiger partial charge on any atom is 0.334 e. The fraction of sp³-hybridized carbons (Fsp3) is 0.767. The first kappa shape index (κ1) is 24.8. The molecule has 1 aliphatic heterocycles. The van der Waals surface area contributed by atoms with Gasteiger partial charge in [0.25, 0.3) is 0 Å². The number of fused-ring (bicyclic) bond motifs is 4. The molecular formula is C30H42O5. The highest BCUT2D eigenvalue weighted by atomic mass is 16.6. The van der Waals surface area contributed by atoms with Crippen molar-refractivity contribution in [3.63, 3.8) is 0 Å². The Morgan fingerprint density at radius 2 is 2.00 bits per heavy atom. The van der Waals surface area contributed by atoms with E-state index in [1.807, 2.05) is 6.92 Å². The highest BCUT2D eigenvalue weighted by molar-refractivity contribution is 5.91. The molecule has 4 saturated carbocycles. The number of esters is 1. The maximum absolute atomic E-state index is 12.6. The van der Waals surface area contributed by atoms with Gasteiger partial charge < -0.3 is 9.84 Å². The molecule has 5 aliphatic rings. The molecular weight excluding hydrogens is 440 g/mol. The molecule has 4 aliphatic carbocycles. The summed E-state index contributed by atoms with van der Waals surface area (Å²) in [5.74, 6) is 0.652. The molecule has 9 atom stereocenters. The SMILES string of the molecule is C=C1C(=O)OC2C[C@@H]3[C@]4(CC[C@]5(C)[C@@H](C(C)CC/C=C(\C)C=O)CC[C@@]35C)C[C@]4(CCC(=O)O)C12. The van der Waals surface area contributed by atoms with E-state index in [1.165, 1.54) is 19.3 Å². The zero-order valence-corrected chi connectivity index (χ0v) is 21.9. The smallest absolute Gasteiger partial charge is 0.334 e. The number of carbonyl (C=O) groups excluding carboxylic acids is 2. The van der Waals surface area contributed by atoms with Crippen molar-refractivity contribution in [2.45, 2.75) is 98.0 Å². The summed E-state index contributed by atoms with van der Waals surface area (Å²) in [4.78, 5) is 35.2. The Morgan fingerprint density at radius 1 is 1.26 bits per heavy atom. The summed E-state index contributed by atoms with van der Waals surface area (Å²) in [6.07, 6.45) is 12.3. The van der Waals surface area contributed by atoms with Crippen molar-refractivity contribution in [2.75, 3.05) is 0 Å². The number of carbonyl (C=O) groups is 3. The Balaban J connectivity index is 1.44. The first-order valence-electron chi connectivity index (χ1n) is 13.7. The number of aldehydes is 1. The average Bonchev–Trinajstić information content (AvgIpc) is 3.27. The van der Waals surface area contributed by atoms with E-state index in [1.54, 1.807) is 0 Å². The molecule has 5 heteroatoms. The maximum atomic E-state index is 12.6. The van der Waals surface area contributed by atoms with Gasteiger partial charge in [0.1, 0.15) is 12.4 Å². The van der Waals surface area contributed by atoms with Crippen LogP contribution in [-0.4, -0.2) is 29.4 Å². The van der Waals surface area contributed by atoms with E-state index in [2.05, 4.69) is 33.4 Å². The second kappa shape index (κ2) is 8.05. The minimum absolute atomic E-state index is 0.0116. The number of ether oxygens (including phenoxy) is 1. The van der Waals surface area contributed by atoms with E-state index in [4.69, 9.17) is 4.74 Å². The molecule has 1 heterocycles. The van der Waals surface area contributed by atoms with Crippen molar-refractivity contribution in [1.29, 1.82) is 0 Å². The van der Waals surface area contributed by atoms with E-state index < -0.39 is 5.97 Å². The van der Waals surface area contributed by atoms with Crippen molar-refractivity contribution in [3.05, 3.63) is 23.8 Å². The molecule has 0 aromatic rings. The summed E-state index contributed by atoms with van der Waals surface area (Å²) in [7, 11) is 0. The van der Waals surface area contributed by atoms with E-state index in [0.717, 1.165) is 44.0 Å². The normalized spacial score (nSPS) is 46.7. The lowest BCUT2D eigenvalue weighted by atomic mass is 9.43. The van der Waals surface area contributed by atoms with Crippen LogP contribution in [0.1, 0.15) is 91.9 Å². The minimum Gasteiger partial charge on any atom is -0.481 e. The molecule has 1 spiro atoms. The number of carboxylic acids is 1. The van der Waals surface area contributed by atoms with Crippen LogP contribution in [0.25, 0.3) is 0 Å². The first-order valence-corrected chi connectivity index (χ1v) is 13.7. The molecule has 3 unspecified atom stereocenters. The van der Waals surface area contributed by atoms with Crippen LogP contribution in [-0.2, 0) is 19.1 Å². The third-order valence-corrected chi connectivity index (χ3v) is 12.2. The summed E-state index contributed by atoms with van der Waals surface area (Å²) in [6, 6.07) is 0. The predicted molar refractivity (Wildman–Crippen MR) is 133 cm³/mol. The molecule has 1 saturated heterocycles. The lowest BCUT2D eigenvalue weighted by Gasteiger charge is -2.61. The van der Waals surface area contributed by atoms with Crippen LogP contribution in [0.5, 0.6) is 0 Å². The van der Waals surface area contributed by atoms with Crippen LogP contribution in [0.15, 0.2) is 23.8 Å². The van der Waals surface area contributed by atoms with Gasteiger partial charge in [-0.05, 0) is 110 Å². The third-order valence-electron chi connectivity index (χ3n) is 12.2. The Bertz CT molecular complexity index is 997. The van der Waals surface area contributed by atoms with Crippen LogP contribution >= 0.6 is 0 Å². The van der Waals surface area contributed by atoms with Crippen molar-refractivity contribution in [1.82, 2.24) is 0 Å². The van der Waals surface area contributed by atoms with Gasteiger partial charge in [0, 0.05) is 17.9 Å². The molecule has 5 nitrogen and oxygen atoms in total. The number of hydrogen-bond donors (Lipinski definition) is 1. The van der Waals surface area contributed by atoms with Gasteiger partial charge in [0.15, 0.2) is 0 Å². The van der Waals surface area contributed by atoms with Gasteiger partial charge in [0.2, 0.25) is 0 Å². The van der Waals surface area contributed by atoms with Crippen molar-refractivity contribution in [3.8, 4) is 0 Å². The lowest BCUT2D eigenvalue weighted by Crippen LogP contribution is -2.56. The second-order valence-electron chi connectivity index (χ2n) is 13.2.